The Morgan fingerprint density at radius 1 is 1.26 bits per heavy atom. The summed E-state index contributed by atoms with van der Waals surface area (Å²) in [5.74, 6) is 0. The van der Waals surface area contributed by atoms with E-state index in [4.69, 9.17) is 4.74 Å². The average Bonchev–Trinajstić information content (AvgIpc) is 2.74. The lowest BCUT2D eigenvalue weighted by Gasteiger charge is -2.30. The molecule has 1 heterocycles. The van der Waals surface area contributed by atoms with Crippen molar-refractivity contribution in [3.63, 3.8) is 0 Å². The smallest absolute Gasteiger partial charge is 0.0700 e. The van der Waals surface area contributed by atoms with Gasteiger partial charge in [0, 0.05) is 18.7 Å². The highest BCUT2D eigenvalue weighted by molar-refractivity contribution is 5.19. The van der Waals surface area contributed by atoms with Crippen molar-refractivity contribution in [1.29, 1.82) is 0 Å². The minimum atomic E-state index is 0.316. The molecular weight excluding hydrogens is 234 g/mol. The van der Waals surface area contributed by atoms with Gasteiger partial charge < -0.3 is 10.1 Å². The van der Waals surface area contributed by atoms with E-state index in [0.29, 0.717) is 23.6 Å². The second-order valence-electron chi connectivity index (χ2n) is 6.87. The molecule has 1 aromatic rings. The van der Waals surface area contributed by atoms with E-state index in [9.17, 15) is 0 Å². The first-order valence-electron chi connectivity index (χ1n) is 7.38. The van der Waals surface area contributed by atoms with Gasteiger partial charge in [-0.3, -0.25) is 0 Å². The summed E-state index contributed by atoms with van der Waals surface area (Å²) in [7, 11) is 0. The molecule has 106 valence electrons. The van der Waals surface area contributed by atoms with Gasteiger partial charge in [-0.1, -0.05) is 51.1 Å². The monoisotopic (exact) mass is 261 g/mol. The van der Waals surface area contributed by atoms with E-state index < -0.39 is 0 Å². The Labute approximate surface area is 117 Å². The van der Waals surface area contributed by atoms with Crippen molar-refractivity contribution >= 4 is 0 Å². The molecule has 2 nitrogen and oxygen atoms in total. The maximum Gasteiger partial charge on any atom is 0.0700 e. The van der Waals surface area contributed by atoms with Gasteiger partial charge in [0.2, 0.25) is 0 Å². The van der Waals surface area contributed by atoms with Gasteiger partial charge in [0.25, 0.3) is 0 Å². The molecule has 0 spiro atoms. The van der Waals surface area contributed by atoms with Crippen LogP contribution in [0.5, 0.6) is 0 Å². The van der Waals surface area contributed by atoms with Crippen molar-refractivity contribution in [1.82, 2.24) is 5.32 Å². The summed E-state index contributed by atoms with van der Waals surface area (Å²) in [5, 5.41) is 3.81. The maximum atomic E-state index is 5.67. The molecule has 1 aliphatic heterocycles. The lowest BCUT2D eigenvalue weighted by molar-refractivity contribution is 0.109. The molecule has 0 aliphatic carbocycles. The SMILES string of the molecule is CC1OCCC1NC(CC(C)(C)C)c1ccccc1. The first kappa shape index (κ1) is 14.5. The van der Waals surface area contributed by atoms with E-state index >= 15 is 0 Å². The van der Waals surface area contributed by atoms with Gasteiger partial charge in [-0.05, 0) is 30.7 Å². The summed E-state index contributed by atoms with van der Waals surface area (Å²) >= 11 is 0. The van der Waals surface area contributed by atoms with Crippen molar-refractivity contribution < 1.29 is 4.74 Å². The Bertz CT molecular complexity index is 382. The first-order valence-corrected chi connectivity index (χ1v) is 7.38. The molecule has 0 saturated carbocycles. The van der Waals surface area contributed by atoms with Gasteiger partial charge in [0.05, 0.1) is 6.10 Å². The number of hydrogen-bond donors (Lipinski definition) is 1. The number of benzene rings is 1. The third-order valence-corrected chi connectivity index (χ3v) is 3.81. The molecule has 3 unspecified atom stereocenters. The Kier molecular flexibility index (Phi) is 4.64. The van der Waals surface area contributed by atoms with Crippen molar-refractivity contribution in [2.75, 3.05) is 6.61 Å². The lowest BCUT2D eigenvalue weighted by Crippen LogP contribution is -2.38. The van der Waals surface area contributed by atoms with Crippen LogP contribution in [0.3, 0.4) is 0 Å². The molecule has 19 heavy (non-hydrogen) atoms. The maximum absolute atomic E-state index is 5.67. The van der Waals surface area contributed by atoms with Crippen LogP contribution in [0.25, 0.3) is 0 Å². The van der Waals surface area contributed by atoms with Crippen LogP contribution < -0.4 is 5.32 Å². The molecule has 0 amide bonds. The van der Waals surface area contributed by atoms with Crippen LogP contribution >= 0.6 is 0 Å². The van der Waals surface area contributed by atoms with Crippen molar-refractivity contribution in [3.05, 3.63) is 35.9 Å². The zero-order valence-corrected chi connectivity index (χ0v) is 12.6. The molecule has 0 radical (unpaired) electrons. The van der Waals surface area contributed by atoms with Crippen molar-refractivity contribution in [2.45, 2.75) is 58.7 Å². The second kappa shape index (κ2) is 6.06. The highest BCUT2D eigenvalue weighted by atomic mass is 16.5. The predicted octanol–water partition coefficient (Wildman–Crippen LogP) is 3.93. The molecule has 1 saturated heterocycles. The van der Waals surface area contributed by atoms with Gasteiger partial charge in [-0.15, -0.1) is 0 Å². The van der Waals surface area contributed by atoms with Gasteiger partial charge >= 0.3 is 0 Å². The van der Waals surface area contributed by atoms with E-state index in [-0.39, 0.29) is 0 Å². The standard InChI is InChI=1S/C17H27NO/c1-13-15(10-11-19-13)18-16(12-17(2,3)4)14-8-6-5-7-9-14/h5-9,13,15-16,18H,10-12H2,1-4H3. The molecule has 0 bridgehead atoms. The number of rotatable bonds is 4. The van der Waals surface area contributed by atoms with Gasteiger partial charge in [-0.25, -0.2) is 0 Å². The second-order valence-corrected chi connectivity index (χ2v) is 6.87. The van der Waals surface area contributed by atoms with Gasteiger partial charge in [0.1, 0.15) is 0 Å². The van der Waals surface area contributed by atoms with Crippen LogP contribution in [0.2, 0.25) is 0 Å². The van der Waals surface area contributed by atoms with E-state index in [0.717, 1.165) is 19.4 Å². The molecule has 1 N–H and O–H groups in total. The topological polar surface area (TPSA) is 21.3 Å². The van der Waals surface area contributed by atoms with Crippen LogP contribution in [-0.2, 0) is 4.74 Å². The van der Waals surface area contributed by atoms with E-state index in [2.05, 4.69) is 63.3 Å². The minimum Gasteiger partial charge on any atom is -0.377 e. The van der Waals surface area contributed by atoms with Crippen LogP contribution in [0.15, 0.2) is 30.3 Å². The zero-order chi connectivity index (χ0) is 13.9. The normalized spacial score (nSPS) is 25.5. The highest BCUT2D eigenvalue weighted by Crippen LogP contribution is 2.31. The average molecular weight is 261 g/mol. The van der Waals surface area contributed by atoms with Gasteiger partial charge in [-0.2, -0.15) is 0 Å². The molecule has 2 rings (SSSR count). The third-order valence-electron chi connectivity index (χ3n) is 3.81. The van der Waals surface area contributed by atoms with E-state index in [1.54, 1.807) is 0 Å². The Morgan fingerprint density at radius 2 is 1.95 bits per heavy atom. The molecule has 1 aliphatic rings. The Morgan fingerprint density at radius 3 is 2.47 bits per heavy atom. The van der Waals surface area contributed by atoms with Crippen LogP contribution in [0.1, 0.15) is 52.1 Å². The number of nitrogens with one attached hydrogen (secondary N) is 1. The van der Waals surface area contributed by atoms with Crippen molar-refractivity contribution in [2.24, 2.45) is 5.41 Å². The largest absolute Gasteiger partial charge is 0.377 e. The number of hydrogen-bond acceptors (Lipinski definition) is 2. The number of ether oxygens (including phenoxy) is 1. The fourth-order valence-electron chi connectivity index (χ4n) is 2.78. The Balaban J connectivity index is 2.10. The minimum absolute atomic E-state index is 0.316. The van der Waals surface area contributed by atoms with Crippen LogP contribution in [-0.4, -0.2) is 18.8 Å². The summed E-state index contributed by atoms with van der Waals surface area (Å²) in [6.07, 6.45) is 2.58. The molecule has 1 aromatic carbocycles. The quantitative estimate of drug-likeness (QED) is 0.886. The predicted molar refractivity (Wildman–Crippen MR) is 80.2 cm³/mol. The molecule has 0 aromatic heterocycles. The fourth-order valence-corrected chi connectivity index (χ4v) is 2.78. The lowest BCUT2D eigenvalue weighted by atomic mass is 9.85. The van der Waals surface area contributed by atoms with Crippen LogP contribution in [0.4, 0.5) is 0 Å². The summed E-state index contributed by atoms with van der Waals surface area (Å²) in [6, 6.07) is 11.7. The van der Waals surface area contributed by atoms with Gasteiger partial charge in [0.15, 0.2) is 0 Å². The zero-order valence-electron chi connectivity index (χ0n) is 12.6. The highest BCUT2D eigenvalue weighted by Gasteiger charge is 2.28. The fraction of sp³-hybridized carbons (Fsp3) is 0.647. The van der Waals surface area contributed by atoms with E-state index in [1.165, 1.54) is 5.56 Å². The summed E-state index contributed by atoms with van der Waals surface area (Å²) < 4.78 is 5.67. The Hall–Kier alpha value is -0.860. The third kappa shape index (κ3) is 4.32. The van der Waals surface area contributed by atoms with E-state index in [1.807, 2.05) is 0 Å². The van der Waals surface area contributed by atoms with Crippen LogP contribution in [0, 0.1) is 5.41 Å². The molecule has 2 heteroatoms. The van der Waals surface area contributed by atoms with Crippen molar-refractivity contribution in [3.8, 4) is 0 Å². The summed E-state index contributed by atoms with van der Waals surface area (Å²) in [4.78, 5) is 0. The first-order chi connectivity index (χ1) is 8.96. The molecule has 3 atom stereocenters. The summed E-state index contributed by atoms with van der Waals surface area (Å²) in [5.41, 5.74) is 1.70. The summed E-state index contributed by atoms with van der Waals surface area (Å²) in [6.45, 7) is 9.97. The molecule has 1 fully saturated rings. The molecular formula is C17H27NO.